The van der Waals surface area contributed by atoms with Crippen LogP contribution in [0.5, 0.6) is 0 Å². The Labute approximate surface area is 113 Å². The van der Waals surface area contributed by atoms with Gasteiger partial charge < -0.3 is 14.7 Å². The van der Waals surface area contributed by atoms with Gasteiger partial charge >= 0.3 is 12.1 Å². The second-order valence-electron chi connectivity index (χ2n) is 4.44. The lowest BCUT2D eigenvalue weighted by molar-refractivity contribution is -0.140. The quantitative estimate of drug-likeness (QED) is 0.919. The average Bonchev–Trinajstić information content (AvgIpc) is 2.37. The molecule has 0 radical (unpaired) electrons. The Bertz CT molecular complexity index is 493. The van der Waals surface area contributed by atoms with E-state index in [-0.39, 0.29) is 25.4 Å². The predicted molar refractivity (Wildman–Crippen MR) is 63.4 cm³/mol. The van der Waals surface area contributed by atoms with E-state index in [0.717, 1.165) is 18.3 Å². The topological polar surface area (TPSA) is 62.7 Å². The highest BCUT2D eigenvalue weighted by atomic mass is 19.4. The van der Waals surface area contributed by atoms with Gasteiger partial charge in [0.05, 0.1) is 24.7 Å². The third-order valence-electron chi connectivity index (χ3n) is 2.94. The highest BCUT2D eigenvalue weighted by Crippen LogP contribution is 2.31. The summed E-state index contributed by atoms with van der Waals surface area (Å²) >= 11 is 0. The van der Waals surface area contributed by atoms with Crippen molar-refractivity contribution in [1.82, 2.24) is 4.98 Å². The number of hydrogen-bond acceptors (Lipinski definition) is 4. The molecule has 1 atom stereocenters. The molecule has 1 aliphatic heterocycles. The van der Waals surface area contributed by atoms with E-state index in [0.29, 0.717) is 6.54 Å². The Balaban J connectivity index is 2.13. The van der Waals surface area contributed by atoms with Gasteiger partial charge in [0.1, 0.15) is 5.82 Å². The highest BCUT2D eigenvalue weighted by molar-refractivity contribution is 5.67. The fourth-order valence-corrected chi connectivity index (χ4v) is 2.01. The van der Waals surface area contributed by atoms with Gasteiger partial charge in [-0.3, -0.25) is 4.79 Å². The molecule has 1 saturated heterocycles. The van der Waals surface area contributed by atoms with Crippen molar-refractivity contribution in [3.63, 3.8) is 0 Å². The molecule has 0 aliphatic carbocycles. The monoisotopic (exact) mass is 290 g/mol. The van der Waals surface area contributed by atoms with Crippen molar-refractivity contribution in [3.05, 3.63) is 23.9 Å². The number of aliphatic carboxylic acids is 1. The van der Waals surface area contributed by atoms with E-state index < -0.39 is 23.8 Å². The van der Waals surface area contributed by atoms with Crippen molar-refractivity contribution in [3.8, 4) is 0 Å². The molecule has 1 N–H and O–H groups in total. The molecule has 2 heterocycles. The van der Waals surface area contributed by atoms with Crippen LogP contribution in [0.25, 0.3) is 0 Å². The summed E-state index contributed by atoms with van der Waals surface area (Å²) in [6.45, 7) is 0.848. The molecule has 8 heteroatoms. The van der Waals surface area contributed by atoms with Crippen LogP contribution in [-0.2, 0) is 15.7 Å². The SMILES string of the molecule is O=C(O)CC1CN(c2cc(C(F)(F)F)ccn2)CCO1. The summed E-state index contributed by atoms with van der Waals surface area (Å²) in [5, 5.41) is 8.71. The Kier molecular flexibility index (Phi) is 4.12. The van der Waals surface area contributed by atoms with Crippen LogP contribution in [0.3, 0.4) is 0 Å². The second-order valence-corrected chi connectivity index (χ2v) is 4.44. The number of pyridine rings is 1. The summed E-state index contributed by atoms with van der Waals surface area (Å²) in [4.78, 5) is 16.2. The first-order valence-corrected chi connectivity index (χ1v) is 5.98. The molecule has 1 aromatic rings. The summed E-state index contributed by atoms with van der Waals surface area (Å²) in [5.41, 5.74) is -0.774. The van der Waals surface area contributed by atoms with Gasteiger partial charge in [-0.05, 0) is 12.1 Å². The number of carboxylic acid groups (broad SMARTS) is 1. The Morgan fingerprint density at radius 2 is 2.30 bits per heavy atom. The standard InChI is InChI=1S/C12H13F3N2O3/c13-12(14,15)8-1-2-16-10(5-8)17-3-4-20-9(7-17)6-11(18)19/h1-2,5,9H,3-4,6-7H2,(H,18,19). The van der Waals surface area contributed by atoms with Crippen molar-refractivity contribution in [2.24, 2.45) is 0 Å². The number of hydrogen-bond donors (Lipinski definition) is 1. The van der Waals surface area contributed by atoms with Crippen LogP contribution in [0.2, 0.25) is 0 Å². The largest absolute Gasteiger partial charge is 0.481 e. The number of ether oxygens (including phenoxy) is 1. The fourth-order valence-electron chi connectivity index (χ4n) is 2.01. The van der Waals surface area contributed by atoms with E-state index >= 15 is 0 Å². The fraction of sp³-hybridized carbons (Fsp3) is 0.500. The molecule has 1 unspecified atom stereocenters. The zero-order valence-corrected chi connectivity index (χ0v) is 10.4. The lowest BCUT2D eigenvalue weighted by Crippen LogP contribution is -2.43. The van der Waals surface area contributed by atoms with Crippen LogP contribution in [-0.4, -0.2) is 41.9 Å². The van der Waals surface area contributed by atoms with Crippen LogP contribution in [0, 0.1) is 0 Å². The van der Waals surface area contributed by atoms with Crippen LogP contribution in [0.4, 0.5) is 19.0 Å². The molecule has 20 heavy (non-hydrogen) atoms. The van der Waals surface area contributed by atoms with Gasteiger partial charge in [0.2, 0.25) is 0 Å². The summed E-state index contributed by atoms with van der Waals surface area (Å²) in [7, 11) is 0. The maximum absolute atomic E-state index is 12.6. The number of anilines is 1. The van der Waals surface area contributed by atoms with Gasteiger partial charge in [-0.15, -0.1) is 0 Å². The molecule has 2 rings (SSSR count). The molecular weight excluding hydrogens is 277 g/mol. The summed E-state index contributed by atoms with van der Waals surface area (Å²) in [5.74, 6) is -0.827. The molecule has 5 nitrogen and oxygen atoms in total. The van der Waals surface area contributed by atoms with Gasteiger partial charge in [-0.2, -0.15) is 13.2 Å². The molecule has 0 saturated carbocycles. The van der Waals surface area contributed by atoms with Gasteiger partial charge in [0.15, 0.2) is 0 Å². The van der Waals surface area contributed by atoms with Gasteiger partial charge in [0.25, 0.3) is 0 Å². The smallest absolute Gasteiger partial charge is 0.416 e. The molecule has 0 amide bonds. The Hall–Kier alpha value is -1.83. The average molecular weight is 290 g/mol. The molecule has 0 aromatic carbocycles. The third kappa shape index (κ3) is 3.60. The van der Waals surface area contributed by atoms with Crippen molar-refractivity contribution in [2.45, 2.75) is 18.7 Å². The van der Waals surface area contributed by atoms with Crippen molar-refractivity contribution in [1.29, 1.82) is 0 Å². The first kappa shape index (κ1) is 14.6. The number of carbonyl (C=O) groups is 1. The minimum Gasteiger partial charge on any atom is -0.481 e. The maximum Gasteiger partial charge on any atom is 0.416 e. The molecule has 110 valence electrons. The molecular formula is C12H13F3N2O3. The lowest BCUT2D eigenvalue weighted by Gasteiger charge is -2.33. The summed E-state index contributed by atoms with van der Waals surface area (Å²) < 4.78 is 43.2. The third-order valence-corrected chi connectivity index (χ3v) is 2.94. The molecule has 0 spiro atoms. The van der Waals surface area contributed by atoms with Crippen LogP contribution in [0.15, 0.2) is 18.3 Å². The van der Waals surface area contributed by atoms with Gasteiger partial charge in [-0.25, -0.2) is 4.98 Å². The zero-order chi connectivity index (χ0) is 14.8. The highest BCUT2D eigenvalue weighted by Gasteiger charge is 2.32. The number of nitrogens with zero attached hydrogens (tertiary/aromatic N) is 2. The number of rotatable bonds is 3. The molecule has 0 bridgehead atoms. The molecule has 1 aliphatic rings. The maximum atomic E-state index is 12.6. The minimum atomic E-state index is -4.43. The summed E-state index contributed by atoms with van der Waals surface area (Å²) in [6.07, 6.45) is -4.06. The van der Waals surface area contributed by atoms with E-state index in [4.69, 9.17) is 9.84 Å². The molecule has 1 aromatic heterocycles. The first-order chi connectivity index (χ1) is 9.36. The van der Waals surface area contributed by atoms with E-state index in [1.165, 1.54) is 0 Å². The lowest BCUT2D eigenvalue weighted by atomic mass is 10.2. The van der Waals surface area contributed by atoms with Crippen molar-refractivity contribution >= 4 is 11.8 Å². The van der Waals surface area contributed by atoms with Crippen LogP contribution >= 0.6 is 0 Å². The normalized spacial score (nSPS) is 19.9. The van der Waals surface area contributed by atoms with Crippen LogP contribution in [0.1, 0.15) is 12.0 Å². The van der Waals surface area contributed by atoms with E-state index in [1.807, 2.05) is 0 Å². The first-order valence-electron chi connectivity index (χ1n) is 5.98. The predicted octanol–water partition coefficient (Wildman–Crippen LogP) is 1.78. The number of morpholine rings is 1. The Morgan fingerprint density at radius 3 is 2.95 bits per heavy atom. The second kappa shape index (κ2) is 5.66. The Morgan fingerprint density at radius 1 is 1.55 bits per heavy atom. The van der Waals surface area contributed by atoms with Gasteiger partial charge in [0, 0.05) is 19.3 Å². The number of aromatic nitrogens is 1. The summed E-state index contributed by atoms with van der Waals surface area (Å²) in [6, 6.07) is 1.86. The van der Waals surface area contributed by atoms with E-state index in [9.17, 15) is 18.0 Å². The number of halogens is 3. The number of carboxylic acids is 1. The van der Waals surface area contributed by atoms with Crippen molar-refractivity contribution in [2.75, 3.05) is 24.6 Å². The minimum absolute atomic E-state index is 0.179. The zero-order valence-electron chi connectivity index (χ0n) is 10.4. The molecule has 1 fully saturated rings. The number of alkyl halides is 3. The van der Waals surface area contributed by atoms with Gasteiger partial charge in [-0.1, -0.05) is 0 Å². The van der Waals surface area contributed by atoms with E-state index in [2.05, 4.69) is 4.98 Å². The van der Waals surface area contributed by atoms with E-state index in [1.54, 1.807) is 4.90 Å². The van der Waals surface area contributed by atoms with Crippen LogP contribution < -0.4 is 4.90 Å². The van der Waals surface area contributed by atoms with Crippen molar-refractivity contribution < 1.29 is 27.8 Å².